The van der Waals surface area contributed by atoms with Gasteiger partial charge >= 0.3 is 0 Å². The van der Waals surface area contributed by atoms with Gasteiger partial charge in [-0.15, -0.1) is 11.3 Å². The highest BCUT2D eigenvalue weighted by molar-refractivity contribution is 7.11. The molecule has 0 spiro atoms. The Balaban J connectivity index is 2.46. The van der Waals surface area contributed by atoms with E-state index in [0.717, 1.165) is 5.69 Å². The van der Waals surface area contributed by atoms with Gasteiger partial charge in [0.05, 0.1) is 10.5 Å². The summed E-state index contributed by atoms with van der Waals surface area (Å²) in [5.74, 6) is 0. The van der Waals surface area contributed by atoms with Crippen LogP contribution in [0.3, 0.4) is 0 Å². The van der Waals surface area contributed by atoms with Crippen molar-refractivity contribution in [3.63, 3.8) is 0 Å². The number of hydrogen-bond donors (Lipinski definition) is 0. The third kappa shape index (κ3) is 3.33. The minimum atomic E-state index is -0.393. The van der Waals surface area contributed by atoms with E-state index in [-0.39, 0.29) is 5.69 Å². The number of allylic oxidation sites excluding steroid dienone is 1. The van der Waals surface area contributed by atoms with Crippen LogP contribution in [0.25, 0.3) is 11.6 Å². The number of thiazole rings is 1. The Hall–Kier alpha value is -2.52. The molecular weight excluding hydrogens is 286 g/mol. The lowest BCUT2D eigenvalue weighted by molar-refractivity contribution is -0.385. The Bertz CT molecular complexity index is 757. The van der Waals surface area contributed by atoms with Gasteiger partial charge in [0.1, 0.15) is 11.1 Å². The van der Waals surface area contributed by atoms with E-state index in [2.05, 4.69) is 11.1 Å². The van der Waals surface area contributed by atoms with E-state index < -0.39 is 4.92 Å². The van der Waals surface area contributed by atoms with E-state index in [1.54, 1.807) is 18.2 Å². The predicted molar refractivity (Wildman–Crippen MR) is 82.8 cm³/mol. The second-order valence-corrected chi connectivity index (χ2v) is 5.32. The number of aromatic nitrogens is 1. The van der Waals surface area contributed by atoms with Gasteiger partial charge in [-0.1, -0.05) is 19.1 Å². The summed E-state index contributed by atoms with van der Waals surface area (Å²) in [7, 11) is 0. The lowest BCUT2D eigenvalue weighted by atomic mass is 10.1. The number of aryl methyl sites for hydroxylation is 2. The van der Waals surface area contributed by atoms with Crippen LogP contribution in [0.2, 0.25) is 0 Å². The summed E-state index contributed by atoms with van der Waals surface area (Å²) in [4.78, 5) is 14.9. The van der Waals surface area contributed by atoms with E-state index >= 15 is 0 Å². The third-order valence-electron chi connectivity index (χ3n) is 2.97. The van der Waals surface area contributed by atoms with Crippen LogP contribution in [-0.4, -0.2) is 9.91 Å². The van der Waals surface area contributed by atoms with Crippen LogP contribution >= 0.6 is 11.3 Å². The van der Waals surface area contributed by atoms with Gasteiger partial charge in [0.15, 0.2) is 0 Å². The number of rotatable bonds is 4. The summed E-state index contributed by atoms with van der Waals surface area (Å²) >= 11 is 1.38. The fraction of sp³-hybridized carbons (Fsp3) is 0.200. The summed E-state index contributed by atoms with van der Waals surface area (Å²) in [5, 5.41) is 22.8. The van der Waals surface area contributed by atoms with Gasteiger partial charge in [0, 0.05) is 22.7 Å². The SMILES string of the molecule is CCc1ccc(/C=C(\C#N)c2nc(C)cs2)cc1[N+](=O)[O-]. The van der Waals surface area contributed by atoms with Gasteiger partial charge in [0.2, 0.25) is 0 Å². The van der Waals surface area contributed by atoms with Crippen molar-refractivity contribution in [3.8, 4) is 6.07 Å². The van der Waals surface area contributed by atoms with Crippen LogP contribution < -0.4 is 0 Å². The number of benzene rings is 1. The minimum absolute atomic E-state index is 0.0823. The third-order valence-corrected chi connectivity index (χ3v) is 3.96. The number of nitrogens with zero attached hydrogens (tertiary/aromatic N) is 3. The molecule has 5 nitrogen and oxygen atoms in total. The predicted octanol–water partition coefficient (Wildman–Crippen LogP) is 3.99. The second-order valence-electron chi connectivity index (χ2n) is 4.46. The molecule has 0 aliphatic rings. The van der Waals surface area contributed by atoms with E-state index in [1.165, 1.54) is 17.4 Å². The first kappa shape index (κ1) is 14.9. The second kappa shape index (κ2) is 6.29. The molecule has 106 valence electrons. The average Bonchev–Trinajstić information content (AvgIpc) is 2.90. The molecule has 0 radical (unpaired) electrons. The molecule has 1 aromatic carbocycles. The van der Waals surface area contributed by atoms with Gasteiger partial charge in [0.25, 0.3) is 5.69 Å². The molecule has 21 heavy (non-hydrogen) atoms. The Kier molecular flexibility index (Phi) is 4.45. The molecule has 0 atom stereocenters. The lowest BCUT2D eigenvalue weighted by Crippen LogP contribution is -1.95. The molecule has 0 N–H and O–H groups in total. The average molecular weight is 299 g/mol. The van der Waals surface area contributed by atoms with E-state index in [0.29, 0.717) is 28.1 Å². The molecule has 1 aromatic heterocycles. The van der Waals surface area contributed by atoms with Crippen molar-refractivity contribution in [3.05, 3.63) is 55.5 Å². The van der Waals surface area contributed by atoms with Gasteiger partial charge in [-0.2, -0.15) is 5.26 Å². The number of nitro groups is 1. The van der Waals surface area contributed by atoms with Gasteiger partial charge in [-0.25, -0.2) is 4.98 Å². The van der Waals surface area contributed by atoms with Gasteiger partial charge in [-0.05, 0) is 25.0 Å². The fourth-order valence-corrected chi connectivity index (χ4v) is 2.69. The molecule has 6 heteroatoms. The monoisotopic (exact) mass is 299 g/mol. The van der Waals surface area contributed by atoms with Crippen molar-refractivity contribution in [2.75, 3.05) is 0 Å². The first-order valence-corrected chi connectivity index (χ1v) is 7.24. The number of nitro benzene ring substituents is 1. The number of hydrogen-bond acceptors (Lipinski definition) is 5. The standard InChI is InChI=1S/C15H13N3O2S/c1-3-12-5-4-11(7-14(12)18(19)20)6-13(8-16)15-17-10(2)9-21-15/h4-7,9H,3H2,1-2H3/b13-6+. The first-order valence-electron chi connectivity index (χ1n) is 6.36. The van der Waals surface area contributed by atoms with Crippen molar-refractivity contribution in [2.45, 2.75) is 20.3 Å². The summed E-state index contributed by atoms with van der Waals surface area (Å²) in [5.41, 5.74) is 2.65. The molecule has 0 aliphatic carbocycles. The highest BCUT2D eigenvalue weighted by atomic mass is 32.1. The van der Waals surface area contributed by atoms with Crippen molar-refractivity contribution < 1.29 is 4.92 Å². The van der Waals surface area contributed by atoms with Crippen molar-refractivity contribution in [1.29, 1.82) is 5.26 Å². The van der Waals surface area contributed by atoms with Crippen LogP contribution in [-0.2, 0) is 6.42 Å². The molecule has 0 fully saturated rings. The quantitative estimate of drug-likeness (QED) is 0.485. The highest BCUT2D eigenvalue weighted by Crippen LogP contribution is 2.25. The fourth-order valence-electron chi connectivity index (χ4n) is 1.93. The molecule has 0 unspecified atom stereocenters. The van der Waals surface area contributed by atoms with Crippen LogP contribution in [0.15, 0.2) is 23.6 Å². The zero-order valence-electron chi connectivity index (χ0n) is 11.7. The molecular formula is C15H13N3O2S. The molecule has 0 aliphatic heterocycles. The van der Waals surface area contributed by atoms with E-state index in [9.17, 15) is 15.4 Å². The molecule has 1 heterocycles. The Labute approximate surface area is 126 Å². The smallest absolute Gasteiger partial charge is 0.258 e. The highest BCUT2D eigenvalue weighted by Gasteiger charge is 2.13. The van der Waals surface area contributed by atoms with E-state index in [4.69, 9.17) is 0 Å². The lowest BCUT2D eigenvalue weighted by Gasteiger charge is -2.01. The zero-order valence-corrected chi connectivity index (χ0v) is 12.5. The summed E-state index contributed by atoms with van der Waals surface area (Å²) in [6.07, 6.45) is 2.22. The molecule has 0 amide bonds. The maximum Gasteiger partial charge on any atom is 0.273 e. The Morgan fingerprint density at radius 1 is 1.57 bits per heavy atom. The molecule has 2 aromatic rings. The van der Waals surface area contributed by atoms with Gasteiger partial charge in [-0.3, -0.25) is 10.1 Å². The Morgan fingerprint density at radius 3 is 2.86 bits per heavy atom. The van der Waals surface area contributed by atoms with Gasteiger partial charge < -0.3 is 0 Å². The summed E-state index contributed by atoms with van der Waals surface area (Å²) in [6, 6.07) is 7.10. The summed E-state index contributed by atoms with van der Waals surface area (Å²) < 4.78 is 0. The van der Waals surface area contributed by atoms with Crippen LogP contribution in [0, 0.1) is 28.4 Å². The molecule has 2 rings (SSSR count). The van der Waals surface area contributed by atoms with Crippen molar-refractivity contribution in [1.82, 2.24) is 4.98 Å². The normalized spacial score (nSPS) is 11.2. The van der Waals surface area contributed by atoms with Crippen molar-refractivity contribution >= 4 is 28.7 Å². The number of nitriles is 1. The molecule has 0 saturated carbocycles. The van der Waals surface area contributed by atoms with E-state index in [1.807, 2.05) is 19.2 Å². The molecule has 0 saturated heterocycles. The summed E-state index contributed by atoms with van der Waals surface area (Å²) in [6.45, 7) is 3.73. The first-order chi connectivity index (χ1) is 10.0. The van der Waals surface area contributed by atoms with Crippen LogP contribution in [0.5, 0.6) is 0 Å². The zero-order chi connectivity index (χ0) is 15.4. The van der Waals surface area contributed by atoms with Crippen LogP contribution in [0.1, 0.15) is 28.8 Å². The Morgan fingerprint density at radius 2 is 2.33 bits per heavy atom. The topological polar surface area (TPSA) is 79.8 Å². The maximum absolute atomic E-state index is 11.1. The maximum atomic E-state index is 11.1. The largest absolute Gasteiger partial charge is 0.273 e. The molecule has 0 bridgehead atoms. The van der Waals surface area contributed by atoms with Crippen molar-refractivity contribution in [2.24, 2.45) is 0 Å². The minimum Gasteiger partial charge on any atom is -0.258 e. The van der Waals surface area contributed by atoms with Crippen LogP contribution in [0.4, 0.5) is 5.69 Å².